The third-order valence-corrected chi connectivity index (χ3v) is 5.57. The van der Waals surface area contributed by atoms with Crippen LogP contribution in [0.4, 0.5) is 0 Å². The SMILES string of the molecule is COc1ccc(C(=O)O[C@H](C)C(=O)NC2CC2)cc1S(=O)(=O)N(C)C. The van der Waals surface area contributed by atoms with E-state index in [-0.39, 0.29) is 28.2 Å². The van der Waals surface area contributed by atoms with E-state index in [0.29, 0.717) is 0 Å². The molecule has 0 radical (unpaired) electrons. The van der Waals surface area contributed by atoms with Crippen LogP contribution in [0.1, 0.15) is 30.1 Å². The number of carbonyl (C=O) groups is 2. The summed E-state index contributed by atoms with van der Waals surface area (Å²) in [5.74, 6) is -1.04. The maximum absolute atomic E-state index is 12.4. The molecule has 0 aromatic heterocycles. The second kappa shape index (κ2) is 7.40. The molecular formula is C16H22N2O6S. The molecule has 138 valence electrons. The zero-order valence-corrected chi connectivity index (χ0v) is 15.4. The van der Waals surface area contributed by atoms with Crippen LogP contribution < -0.4 is 10.1 Å². The van der Waals surface area contributed by atoms with E-state index in [2.05, 4.69) is 5.32 Å². The zero-order chi connectivity index (χ0) is 18.8. The van der Waals surface area contributed by atoms with E-state index in [1.165, 1.54) is 46.3 Å². The molecule has 1 aliphatic rings. The fourth-order valence-electron chi connectivity index (χ4n) is 2.03. The van der Waals surface area contributed by atoms with Gasteiger partial charge in [-0.2, -0.15) is 0 Å². The fraction of sp³-hybridized carbons (Fsp3) is 0.500. The third kappa shape index (κ3) is 4.49. The summed E-state index contributed by atoms with van der Waals surface area (Å²) < 4.78 is 36.0. The summed E-state index contributed by atoms with van der Waals surface area (Å²) in [6.45, 7) is 1.47. The van der Waals surface area contributed by atoms with Gasteiger partial charge in [-0.1, -0.05) is 0 Å². The van der Waals surface area contributed by atoms with Gasteiger partial charge in [0.15, 0.2) is 6.10 Å². The summed E-state index contributed by atoms with van der Waals surface area (Å²) >= 11 is 0. The summed E-state index contributed by atoms with van der Waals surface area (Å²) in [7, 11) is 0.291. The normalized spacial score (nSPS) is 15.6. The highest BCUT2D eigenvalue weighted by molar-refractivity contribution is 7.89. The van der Waals surface area contributed by atoms with Crippen LogP contribution in [-0.2, 0) is 19.6 Å². The van der Waals surface area contributed by atoms with Crippen LogP contribution in [-0.4, -0.2) is 58.0 Å². The van der Waals surface area contributed by atoms with Gasteiger partial charge >= 0.3 is 5.97 Å². The minimum atomic E-state index is -3.81. The highest BCUT2D eigenvalue weighted by Gasteiger charge is 2.28. The van der Waals surface area contributed by atoms with Crippen LogP contribution in [0.3, 0.4) is 0 Å². The van der Waals surface area contributed by atoms with Crippen molar-refractivity contribution in [1.82, 2.24) is 9.62 Å². The summed E-state index contributed by atoms with van der Waals surface area (Å²) in [6, 6.07) is 4.11. The molecule has 0 aliphatic heterocycles. The van der Waals surface area contributed by atoms with Gasteiger partial charge in [0, 0.05) is 20.1 Å². The molecule has 8 nitrogen and oxygen atoms in total. The molecule has 1 aromatic rings. The Bertz CT molecular complexity index is 771. The number of benzene rings is 1. The van der Waals surface area contributed by atoms with Gasteiger partial charge in [0.05, 0.1) is 12.7 Å². The number of carbonyl (C=O) groups excluding carboxylic acids is 2. The smallest absolute Gasteiger partial charge is 0.338 e. The van der Waals surface area contributed by atoms with E-state index in [0.717, 1.165) is 17.1 Å². The van der Waals surface area contributed by atoms with E-state index in [4.69, 9.17) is 9.47 Å². The Morgan fingerprint density at radius 2 is 1.92 bits per heavy atom. The molecule has 1 aromatic carbocycles. The number of nitrogens with one attached hydrogen (secondary N) is 1. The lowest BCUT2D eigenvalue weighted by atomic mass is 10.2. The molecular weight excluding hydrogens is 348 g/mol. The third-order valence-electron chi connectivity index (χ3n) is 3.73. The molecule has 9 heteroatoms. The molecule has 1 aliphatic carbocycles. The first kappa shape index (κ1) is 19.2. The Hall–Kier alpha value is -2.13. The maximum Gasteiger partial charge on any atom is 0.338 e. The highest BCUT2D eigenvalue weighted by Crippen LogP contribution is 2.27. The number of hydrogen-bond acceptors (Lipinski definition) is 6. The van der Waals surface area contributed by atoms with Gasteiger partial charge < -0.3 is 14.8 Å². The molecule has 1 saturated carbocycles. The van der Waals surface area contributed by atoms with Gasteiger partial charge in [-0.25, -0.2) is 17.5 Å². The van der Waals surface area contributed by atoms with Crippen LogP contribution in [0.5, 0.6) is 5.75 Å². The van der Waals surface area contributed by atoms with Crippen molar-refractivity contribution >= 4 is 21.9 Å². The average molecular weight is 370 g/mol. The summed E-state index contributed by atoms with van der Waals surface area (Å²) in [5, 5.41) is 2.74. The van der Waals surface area contributed by atoms with E-state index < -0.39 is 22.1 Å². The molecule has 1 N–H and O–H groups in total. The zero-order valence-electron chi connectivity index (χ0n) is 14.6. The first-order valence-electron chi connectivity index (χ1n) is 7.78. The second-order valence-corrected chi connectivity index (χ2v) is 8.10. The minimum Gasteiger partial charge on any atom is -0.495 e. The Kier molecular flexibility index (Phi) is 5.69. The van der Waals surface area contributed by atoms with Crippen molar-refractivity contribution in [1.29, 1.82) is 0 Å². The molecule has 2 rings (SSSR count). The Labute approximate surface area is 147 Å². The van der Waals surface area contributed by atoms with Crippen LogP contribution >= 0.6 is 0 Å². The maximum atomic E-state index is 12.4. The predicted octanol–water partition coefficient (Wildman–Crippen LogP) is 0.769. The van der Waals surface area contributed by atoms with Crippen LogP contribution in [0.15, 0.2) is 23.1 Å². The van der Waals surface area contributed by atoms with Crippen molar-refractivity contribution in [2.24, 2.45) is 0 Å². The highest BCUT2D eigenvalue weighted by atomic mass is 32.2. The summed E-state index contributed by atoms with van der Waals surface area (Å²) in [6.07, 6.45) is 0.886. The number of sulfonamides is 1. The molecule has 1 atom stereocenters. The molecule has 0 unspecified atom stereocenters. The lowest BCUT2D eigenvalue weighted by Crippen LogP contribution is -2.37. The van der Waals surface area contributed by atoms with Gasteiger partial charge in [0.25, 0.3) is 5.91 Å². The Morgan fingerprint density at radius 1 is 1.28 bits per heavy atom. The van der Waals surface area contributed by atoms with E-state index in [1.807, 2.05) is 0 Å². The second-order valence-electron chi connectivity index (χ2n) is 5.98. The van der Waals surface area contributed by atoms with Crippen molar-refractivity contribution in [3.8, 4) is 5.75 Å². The van der Waals surface area contributed by atoms with Gasteiger partial charge in [-0.15, -0.1) is 0 Å². The topological polar surface area (TPSA) is 102 Å². The van der Waals surface area contributed by atoms with Crippen LogP contribution in [0, 0.1) is 0 Å². The lowest BCUT2D eigenvalue weighted by Gasteiger charge is -2.16. The van der Waals surface area contributed by atoms with Crippen LogP contribution in [0.2, 0.25) is 0 Å². The molecule has 25 heavy (non-hydrogen) atoms. The molecule has 1 amide bonds. The number of methoxy groups -OCH3 is 1. The van der Waals surface area contributed by atoms with E-state index in [1.54, 1.807) is 0 Å². The first-order valence-corrected chi connectivity index (χ1v) is 9.22. The average Bonchev–Trinajstić information content (AvgIpc) is 3.37. The number of rotatable bonds is 7. The van der Waals surface area contributed by atoms with Crippen molar-refractivity contribution in [3.05, 3.63) is 23.8 Å². The molecule has 0 spiro atoms. The van der Waals surface area contributed by atoms with Crippen molar-refractivity contribution in [2.45, 2.75) is 36.8 Å². The number of ether oxygens (including phenoxy) is 2. The predicted molar refractivity (Wildman–Crippen MR) is 89.9 cm³/mol. The van der Waals surface area contributed by atoms with Crippen LogP contribution in [0.25, 0.3) is 0 Å². The fourth-order valence-corrected chi connectivity index (χ4v) is 3.11. The first-order chi connectivity index (χ1) is 11.7. The number of nitrogens with zero attached hydrogens (tertiary/aromatic N) is 1. The standard InChI is InChI=1S/C16H22N2O6S/c1-10(15(19)17-12-6-7-12)24-16(20)11-5-8-13(23-4)14(9-11)25(21,22)18(2)3/h5,8-10,12H,6-7H2,1-4H3,(H,17,19)/t10-/m1/s1. The van der Waals surface area contributed by atoms with Crippen molar-refractivity contribution in [3.63, 3.8) is 0 Å². The van der Waals surface area contributed by atoms with Gasteiger partial charge in [-0.3, -0.25) is 4.79 Å². The summed E-state index contributed by atoms with van der Waals surface area (Å²) in [5.41, 5.74) is 0.0206. The van der Waals surface area contributed by atoms with Gasteiger partial charge in [-0.05, 0) is 38.0 Å². The summed E-state index contributed by atoms with van der Waals surface area (Å²) in [4.78, 5) is 24.0. The Balaban J connectivity index is 2.21. The van der Waals surface area contributed by atoms with E-state index in [9.17, 15) is 18.0 Å². The molecule has 0 bridgehead atoms. The lowest BCUT2D eigenvalue weighted by molar-refractivity contribution is -0.129. The van der Waals surface area contributed by atoms with Crippen molar-refractivity contribution < 1.29 is 27.5 Å². The largest absolute Gasteiger partial charge is 0.495 e. The minimum absolute atomic E-state index is 0.0206. The van der Waals surface area contributed by atoms with Gasteiger partial charge in [0.2, 0.25) is 10.0 Å². The van der Waals surface area contributed by atoms with E-state index >= 15 is 0 Å². The Morgan fingerprint density at radius 3 is 2.44 bits per heavy atom. The molecule has 0 heterocycles. The van der Waals surface area contributed by atoms with Crippen molar-refractivity contribution in [2.75, 3.05) is 21.2 Å². The number of esters is 1. The molecule has 1 fully saturated rings. The monoisotopic (exact) mass is 370 g/mol. The number of amides is 1. The van der Waals surface area contributed by atoms with Gasteiger partial charge in [0.1, 0.15) is 10.6 Å². The number of hydrogen-bond donors (Lipinski definition) is 1. The molecule has 0 saturated heterocycles. The quantitative estimate of drug-likeness (QED) is 0.711.